The zero-order valence-corrected chi connectivity index (χ0v) is 19.1. The van der Waals surface area contributed by atoms with E-state index in [2.05, 4.69) is 22.3 Å². The lowest BCUT2D eigenvalue weighted by molar-refractivity contribution is 0.0697. The van der Waals surface area contributed by atoms with Gasteiger partial charge in [-0.15, -0.1) is 0 Å². The first-order chi connectivity index (χ1) is 15.6. The number of anilines is 1. The minimum atomic E-state index is -0.941. The first kappa shape index (κ1) is 22.0. The number of thioether (sulfide) groups is 1. The summed E-state index contributed by atoms with van der Waals surface area (Å²) < 4.78 is 4.69. The number of nitriles is 1. The Hall–Kier alpha value is -3.21. The van der Waals surface area contributed by atoms with Crippen molar-refractivity contribution in [2.45, 2.75) is 24.8 Å². The average Bonchev–Trinajstić information content (AvgIpc) is 2.83. The Morgan fingerprint density at radius 3 is 2.66 bits per heavy atom. The number of amidine groups is 1. The summed E-state index contributed by atoms with van der Waals surface area (Å²) in [4.78, 5) is 14.6. The molecule has 1 aliphatic rings. The van der Waals surface area contributed by atoms with Crippen LogP contribution in [-0.2, 0) is 6.54 Å². The molecule has 32 heavy (non-hydrogen) atoms. The molecule has 0 aromatic heterocycles. The number of hydrogen-bond donors (Lipinski definition) is 1. The largest absolute Gasteiger partial charge is 0.478 e. The zero-order chi connectivity index (χ0) is 22.5. The van der Waals surface area contributed by atoms with Gasteiger partial charge in [-0.3, -0.25) is 0 Å². The summed E-state index contributed by atoms with van der Waals surface area (Å²) in [5, 5.41) is 19.7. The van der Waals surface area contributed by atoms with E-state index in [1.807, 2.05) is 54.6 Å². The highest BCUT2D eigenvalue weighted by molar-refractivity contribution is 8.15. The zero-order valence-electron chi connectivity index (χ0n) is 17.5. The van der Waals surface area contributed by atoms with Crippen molar-refractivity contribution in [3.63, 3.8) is 0 Å². The smallest absolute Gasteiger partial charge is 0.335 e. The van der Waals surface area contributed by atoms with Gasteiger partial charge in [-0.25, -0.2) is 4.79 Å². The van der Waals surface area contributed by atoms with E-state index < -0.39 is 5.97 Å². The van der Waals surface area contributed by atoms with Gasteiger partial charge in [-0.05, 0) is 47.4 Å². The second-order valence-electron chi connectivity index (χ2n) is 7.24. The van der Waals surface area contributed by atoms with Crippen molar-refractivity contribution >= 4 is 40.5 Å². The molecule has 3 aromatic carbocycles. The third-order valence-electron chi connectivity index (χ3n) is 5.04. The van der Waals surface area contributed by atoms with E-state index in [0.29, 0.717) is 12.1 Å². The van der Waals surface area contributed by atoms with Crippen LogP contribution in [-0.4, -0.2) is 22.0 Å². The maximum atomic E-state index is 11.5. The predicted molar refractivity (Wildman–Crippen MR) is 132 cm³/mol. The molecule has 1 N–H and O–H groups in total. The number of aromatic carboxylic acids is 1. The number of carboxylic acids is 1. The monoisotopic (exact) mass is 459 g/mol. The Balaban J connectivity index is 1.65. The van der Waals surface area contributed by atoms with Gasteiger partial charge in [0.2, 0.25) is 0 Å². The number of fused-ring (bicyclic) bond motifs is 1. The molecule has 0 aliphatic carbocycles. The Bertz CT molecular complexity index is 1220. The summed E-state index contributed by atoms with van der Waals surface area (Å²) in [6.45, 7) is 2.70. The highest BCUT2D eigenvalue weighted by Crippen LogP contribution is 2.39. The van der Waals surface area contributed by atoms with Crippen LogP contribution in [0.4, 0.5) is 5.69 Å². The Morgan fingerprint density at radius 2 is 1.94 bits per heavy atom. The standard InChI is InChI=1S/C25H21N3O2S2/c1-2-13-31-25-27-32-23-12-11-19(24(29)30)14-22(23)28(25)16-17-7-9-18(10-8-17)21-6-4-3-5-20(21)15-26/h3-12,14H,2,13,16H2,1H3,(H,29,30). The van der Waals surface area contributed by atoms with Crippen molar-refractivity contribution in [2.24, 2.45) is 4.40 Å². The van der Waals surface area contributed by atoms with Crippen LogP contribution in [0.2, 0.25) is 0 Å². The van der Waals surface area contributed by atoms with Crippen LogP contribution >= 0.6 is 23.7 Å². The van der Waals surface area contributed by atoms with E-state index in [1.165, 1.54) is 11.9 Å². The second kappa shape index (κ2) is 9.94. The van der Waals surface area contributed by atoms with Gasteiger partial charge in [0, 0.05) is 17.7 Å². The molecule has 3 aromatic rings. The van der Waals surface area contributed by atoms with Crippen molar-refractivity contribution in [1.82, 2.24) is 0 Å². The molecule has 0 fully saturated rings. The fourth-order valence-electron chi connectivity index (χ4n) is 3.43. The number of benzene rings is 3. The quantitative estimate of drug-likeness (QED) is 0.427. The molecule has 0 spiro atoms. The number of carbonyl (C=O) groups is 1. The number of carboxylic acid groups (broad SMARTS) is 1. The molecule has 0 amide bonds. The number of nitrogens with zero attached hydrogens (tertiary/aromatic N) is 3. The molecule has 0 unspecified atom stereocenters. The SMILES string of the molecule is CCCSC1=NSc2ccc(C(=O)O)cc2N1Cc1ccc(-c2ccccc2C#N)cc1. The Labute approximate surface area is 195 Å². The van der Waals surface area contributed by atoms with Crippen molar-refractivity contribution < 1.29 is 9.90 Å². The lowest BCUT2D eigenvalue weighted by Crippen LogP contribution is -2.30. The summed E-state index contributed by atoms with van der Waals surface area (Å²) in [6, 6.07) is 23.1. The van der Waals surface area contributed by atoms with Gasteiger partial charge in [0.1, 0.15) is 0 Å². The van der Waals surface area contributed by atoms with Crippen LogP contribution in [0.15, 0.2) is 76.0 Å². The maximum Gasteiger partial charge on any atom is 0.335 e. The van der Waals surface area contributed by atoms with Crippen molar-refractivity contribution in [1.29, 1.82) is 5.26 Å². The molecule has 0 atom stereocenters. The second-order valence-corrected chi connectivity index (χ2v) is 9.11. The molecule has 1 heterocycles. The maximum absolute atomic E-state index is 11.5. The molecule has 4 rings (SSSR count). The van der Waals surface area contributed by atoms with Gasteiger partial charge in [0.25, 0.3) is 0 Å². The number of rotatable bonds is 6. The topological polar surface area (TPSA) is 76.7 Å². The van der Waals surface area contributed by atoms with Gasteiger partial charge >= 0.3 is 5.97 Å². The Kier molecular flexibility index (Phi) is 6.84. The van der Waals surface area contributed by atoms with Crippen LogP contribution < -0.4 is 4.90 Å². The summed E-state index contributed by atoms with van der Waals surface area (Å²) >= 11 is 3.07. The number of hydrogen-bond acceptors (Lipinski definition) is 6. The third kappa shape index (κ3) is 4.67. The van der Waals surface area contributed by atoms with Crippen molar-refractivity contribution in [3.05, 3.63) is 83.4 Å². The molecule has 0 saturated heterocycles. The van der Waals surface area contributed by atoms with E-state index >= 15 is 0 Å². The Morgan fingerprint density at radius 1 is 1.16 bits per heavy atom. The minimum absolute atomic E-state index is 0.263. The van der Waals surface area contributed by atoms with Crippen LogP contribution in [0.25, 0.3) is 11.1 Å². The fraction of sp³-hybridized carbons (Fsp3) is 0.160. The summed E-state index contributed by atoms with van der Waals surface area (Å²) in [7, 11) is 0. The molecule has 0 saturated carbocycles. The normalized spacial score (nSPS) is 12.6. The molecule has 160 valence electrons. The van der Waals surface area contributed by atoms with Crippen LogP contribution in [0.3, 0.4) is 0 Å². The van der Waals surface area contributed by atoms with E-state index in [-0.39, 0.29) is 5.56 Å². The first-order valence-corrected chi connectivity index (χ1v) is 12.0. The molecular weight excluding hydrogens is 438 g/mol. The molecule has 0 bridgehead atoms. The van der Waals surface area contributed by atoms with Gasteiger partial charge < -0.3 is 10.0 Å². The van der Waals surface area contributed by atoms with Crippen LogP contribution in [0, 0.1) is 11.3 Å². The summed E-state index contributed by atoms with van der Waals surface area (Å²) in [6.07, 6.45) is 1.03. The lowest BCUT2D eigenvalue weighted by atomic mass is 9.99. The van der Waals surface area contributed by atoms with E-state index in [4.69, 9.17) is 0 Å². The summed E-state index contributed by atoms with van der Waals surface area (Å²) in [5.41, 5.74) is 4.75. The first-order valence-electron chi connectivity index (χ1n) is 10.2. The van der Waals surface area contributed by atoms with Gasteiger partial charge in [0.15, 0.2) is 5.17 Å². The highest BCUT2D eigenvalue weighted by atomic mass is 32.2. The van der Waals surface area contributed by atoms with Crippen LogP contribution in [0.5, 0.6) is 0 Å². The third-order valence-corrected chi connectivity index (χ3v) is 7.14. The molecule has 0 radical (unpaired) electrons. The molecule has 5 nitrogen and oxygen atoms in total. The minimum Gasteiger partial charge on any atom is -0.478 e. The van der Waals surface area contributed by atoms with Gasteiger partial charge in [-0.2, -0.15) is 9.66 Å². The van der Waals surface area contributed by atoms with E-state index in [0.717, 1.165) is 44.6 Å². The fourth-order valence-corrected chi connectivity index (χ4v) is 5.13. The average molecular weight is 460 g/mol. The van der Waals surface area contributed by atoms with E-state index in [9.17, 15) is 15.2 Å². The van der Waals surface area contributed by atoms with Crippen molar-refractivity contribution in [3.8, 4) is 17.2 Å². The van der Waals surface area contributed by atoms with E-state index in [1.54, 1.807) is 23.9 Å². The van der Waals surface area contributed by atoms with Gasteiger partial charge in [0.05, 0.1) is 34.3 Å². The van der Waals surface area contributed by atoms with Crippen LogP contribution in [0.1, 0.15) is 34.8 Å². The molecule has 1 aliphatic heterocycles. The predicted octanol–water partition coefficient (Wildman–Crippen LogP) is 6.45. The van der Waals surface area contributed by atoms with Crippen molar-refractivity contribution in [2.75, 3.05) is 10.7 Å². The lowest BCUT2D eigenvalue weighted by Gasteiger charge is -2.30. The molecular formula is C25H21N3O2S2. The highest BCUT2D eigenvalue weighted by Gasteiger charge is 2.24. The summed E-state index contributed by atoms with van der Waals surface area (Å²) in [5.74, 6) is -0.00295. The van der Waals surface area contributed by atoms with Gasteiger partial charge in [-0.1, -0.05) is 61.2 Å². The molecule has 7 heteroatoms.